The Morgan fingerprint density at radius 2 is 1.95 bits per heavy atom. The van der Waals surface area contributed by atoms with E-state index in [0.717, 1.165) is 24.0 Å². The molecule has 0 aromatic heterocycles. The van der Waals surface area contributed by atoms with E-state index in [1.807, 2.05) is 24.3 Å². The number of fused-ring (bicyclic) bond motifs is 1. The molecule has 0 amide bonds. The number of hydrogen-bond acceptors (Lipinski definition) is 4. The van der Waals surface area contributed by atoms with Crippen LogP contribution in [0.2, 0.25) is 0 Å². The van der Waals surface area contributed by atoms with Crippen LogP contribution in [-0.4, -0.2) is 33.6 Å². The molecule has 0 radical (unpaired) electrons. The number of carboxylic acid groups (broad SMARTS) is 1. The molecule has 3 rings (SSSR count). The van der Waals surface area contributed by atoms with Crippen molar-refractivity contribution >= 4 is 17.6 Å². The van der Waals surface area contributed by atoms with Gasteiger partial charge in [-0.1, -0.05) is 24.3 Å². The zero-order valence-electron chi connectivity index (χ0n) is 11.5. The first-order valence-corrected chi connectivity index (χ1v) is 7.61. The van der Waals surface area contributed by atoms with E-state index in [1.54, 1.807) is 0 Å². The van der Waals surface area contributed by atoms with Crippen LogP contribution in [0.1, 0.15) is 29.9 Å². The van der Waals surface area contributed by atoms with Gasteiger partial charge < -0.3 is 10.2 Å². The highest BCUT2D eigenvalue weighted by Crippen LogP contribution is 2.42. The number of aliphatic carboxylic acids is 1. The molecule has 0 bridgehead atoms. The Morgan fingerprint density at radius 3 is 2.57 bits per heavy atom. The van der Waals surface area contributed by atoms with Gasteiger partial charge in [-0.25, -0.2) is 5.43 Å². The average molecular weight is 311 g/mol. The van der Waals surface area contributed by atoms with E-state index in [-0.39, 0.29) is 29.9 Å². The molecule has 5 unspecified atom stereocenters. The molecule has 6 heteroatoms. The standard InChI is InChI=1S/C15H19ClN2O3/c16-12-6-13-11(14(15(20)21)18-17-13)5-10(12)9-3-1-8(7-19)2-4-9/h1-4,10-14,17-19H,5-7H2,(H,20,21). The third-order valence-corrected chi connectivity index (χ3v) is 5.15. The van der Waals surface area contributed by atoms with Crippen LogP contribution < -0.4 is 10.9 Å². The number of hydrogen-bond donors (Lipinski definition) is 4. The Kier molecular flexibility index (Phi) is 4.17. The van der Waals surface area contributed by atoms with Crippen LogP contribution in [0.25, 0.3) is 0 Å². The third-order valence-electron chi connectivity index (χ3n) is 4.67. The molecule has 5 atom stereocenters. The third kappa shape index (κ3) is 2.79. The Bertz CT molecular complexity index is 522. The maximum atomic E-state index is 11.3. The van der Waals surface area contributed by atoms with Gasteiger partial charge in [-0.15, -0.1) is 11.6 Å². The highest BCUT2D eigenvalue weighted by Gasteiger charge is 2.46. The fourth-order valence-electron chi connectivity index (χ4n) is 3.49. The van der Waals surface area contributed by atoms with Gasteiger partial charge in [0.1, 0.15) is 6.04 Å². The van der Waals surface area contributed by atoms with E-state index in [2.05, 4.69) is 10.9 Å². The first kappa shape index (κ1) is 14.8. The Labute approximate surface area is 128 Å². The van der Waals surface area contributed by atoms with E-state index >= 15 is 0 Å². The first-order valence-electron chi connectivity index (χ1n) is 7.17. The highest BCUT2D eigenvalue weighted by molar-refractivity contribution is 6.21. The summed E-state index contributed by atoms with van der Waals surface area (Å²) >= 11 is 6.52. The van der Waals surface area contributed by atoms with Gasteiger partial charge in [0, 0.05) is 23.3 Å². The molecule has 1 saturated heterocycles. The molecule has 4 N–H and O–H groups in total. The number of aliphatic hydroxyl groups excluding tert-OH is 1. The lowest BCUT2D eigenvalue weighted by Crippen LogP contribution is -2.41. The smallest absolute Gasteiger partial charge is 0.322 e. The lowest BCUT2D eigenvalue weighted by molar-refractivity contribution is -0.140. The number of carboxylic acids is 1. The Morgan fingerprint density at radius 1 is 1.24 bits per heavy atom. The number of aliphatic hydroxyl groups is 1. The second-order valence-corrected chi connectivity index (χ2v) is 6.43. The fraction of sp³-hybridized carbons (Fsp3) is 0.533. The van der Waals surface area contributed by atoms with Crippen LogP contribution in [0.15, 0.2) is 24.3 Å². The summed E-state index contributed by atoms with van der Waals surface area (Å²) < 4.78 is 0. The van der Waals surface area contributed by atoms with E-state index in [4.69, 9.17) is 16.7 Å². The maximum absolute atomic E-state index is 11.3. The summed E-state index contributed by atoms with van der Waals surface area (Å²) in [6.45, 7) is 0.0227. The molecule has 21 heavy (non-hydrogen) atoms. The van der Waals surface area contributed by atoms with Crippen molar-refractivity contribution in [1.29, 1.82) is 0 Å². The van der Waals surface area contributed by atoms with Gasteiger partial charge in [-0.3, -0.25) is 10.2 Å². The molecule has 1 aromatic carbocycles. The highest BCUT2D eigenvalue weighted by atomic mass is 35.5. The minimum Gasteiger partial charge on any atom is -0.480 e. The predicted molar refractivity (Wildman–Crippen MR) is 79.0 cm³/mol. The zero-order valence-corrected chi connectivity index (χ0v) is 12.3. The van der Waals surface area contributed by atoms with Gasteiger partial charge >= 0.3 is 5.97 Å². The molecular formula is C15H19ClN2O3. The van der Waals surface area contributed by atoms with E-state index in [1.165, 1.54) is 0 Å². The maximum Gasteiger partial charge on any atom is 0.322 e. The Balaban J connectivity index is 1.80. The summed E-state index contributed by atoms with van der Waals surface area (Å²) in [7, 11) is 0. The fourth-order valence-corrected chi connectivity index (χ4v) is 3.93. The number of nitrogens with one attached hydrogen (secondary N) is 2. The summed E-state index contributed by atoms with van der Waals surface area (Å²) in [6.07, 6.45) is 1.49. The van der Waals surface area contributed by atoms with Gasteiger partial charge in [0.25, 0.3) is 0 Å². The quantitative estimate of drug-likeness (QED) is 0.631. The van der Waals surface area contributed by atoms with Crippen LogP contribution in [0.5, 0.6) is 0 Å². The van der Waals surface area contributed by atoms with Crippen molar-refractivity contribution < 1.29 is 15.0 Å². The van der Waals surface area contributed by atoms with Gasteiger partial charge in [-0.05, 0) is 24.0 Å². The summed E-state index contributed by atoms with van der Waals surface area (Å²) in [4.78, 5) is 11.3. The summed E-state index contributed by atoms with van der Waals surface area (Å²) in [5.41, 5.74) is 7.91. The molecule has 1 aromatic rings. The molecule has 1 heterocycles. The van der Waals surface area contributed by atoms with Crippen molar-refractivity contribution in [2.24, 2.45) is 5.92 Å². The summed E-state index contributed by atoms with van der Waals surface area (Å²) in [5.74, 6) is -0.637. The summed E-state index contributed by atoms with van der Waals surface area (Å²) in [6, 6.07) is 7.31. The van der Waals surface area contributed by atoms with Gasteiger partial charge in [-0.2, -0.15) is 0 Å². The van der Waals surface area contributed by atoms with Crippen molar-refractivity contribution in [2.45, 2.75) is 42.8 Å². The van der Waals surface area contributed by atoms with Crippen LogP contribution in [0.4, 0.5) is 0 Å². The van der Waals surface area contributed by atoms with Gasteiger partial charge in [0.15, 0.2) is 0 Å². The van der Waals surface area contributed by atoms with Crippen LogP contribution >= 0.6 is 11.6 Å². The molecule has 114 valence electrons. The van der Waals surface area contributed by atoms with Crippen molar-refractivity contribution in [2.75, 3.05) is 0 Å². The van der Waals surface area contributed by atoms with Crippen LogP contribution in [-0.2, 0) is 11.4 Å². The molecule has 1 aliphatic carbocycles. The number of carbonyl (C=O) groups is 1. The largest absolute Gasteiger partial charge is 0.480 e. The van der Waals surface area contributed by atoms with Crippen molar-refractivity contribution in [3.05, 3.63) is 35.4 Å². The molecular weight excluding hydrogens is 292 g/mol. The van der Waals surface area contributed by atoms with E-state index in [9.17, 15) is 9.90 Å². The van der Waals surface area contributed by atoms with Crippen molar-refractivity contribution in [3.63, 3.8) is 0 Å². The number of halogens is 1. The first-order chi connectivity index (χ1) is 10.1. The van der Waals surface area contributed by atoms with E-state index < -0.39 is 12.0 Å². The van der Waals surface area contributed by atoms with E-state index in [0.29, 0.717) is 0 Å². The number of hydrazine groups is 1. The molecule has 1 saturated carbocycles. The normalized spacial score (nSPS) is 35.4. The Hall–Kier alpha value is -1.14. The monoisotopic (exact) mass is 310 g/mol. The van der Waals surface area contributed by atoms with Crippen LogP contribution in [0, 0.1) is 5.92 Å². The molecule has 2 fully saturated rings. The predicted octanol–water partition coefficient (Wildman–Crippen LogP) is 1.21. The molecule has 2 aliphatic rings. The molecule has 1 aliphatic heterocycles. The van der Waals surface area contributed by atoms with Crippen molar-refractivity contribution in [1.82, 2.24) is 10.9 Å². The molecule has 0 spiro atoms. The number of alkyl halides is 1. The second kappa shape index (κ2) is 5.93. The van der Waals surface area contributed by atoms with Gasteiger partial charge in [0.2, 0.25) is 0 Å². The SMILES string of the molecule is O=C(O)C1NNC2CC(Cl)C(c3ccc(CO)cc3)CC21. The number of rotatable bonds is 3. The van der Waals surface area contributed by atoms with Crippen LogP contribution in [0.3, 0.4) is 0 Å². The number of benzene rings is 1. The van der Waals surface area contributed by atoms with Gasteiger partial charge in [0.05, 0.1) is 6.61 Å². The average Bonchev–Trinajstić information content (AvgIpc) is 2.89. The second-order valence-electron chi connectivity index (χ2n) is 5.87. The minimum absolute atomic E-state index is 0.0203. The lowest BCUT2D eigenvalue weighted by atomic mass is 9.73. The topological polar surface area (TPSA) is 81.6 Å². The molecule has 5 nitrogen and oxygen atoms in total. The van der Waals surface area contributed by atoms with Crippen molar-refractivity contribution in [3.8, 4) is 0 Å². The summed E-state index contributed by atoms with van der Waals surface area (Å²) in [5, 5.41) is 18.4. The minimum atomic E-state index is -0.822. The lowest BCUT2D eigenvalue weighted by Gasteiger charge is -2.36. The zero-order chi connectivity index (χ0) is 15.0.